The van der Waals surface area contributed by atoms with Gasteiger partial charge in [0.25, 0.3) is 0 Å². The largest absolute Gasteiger partial charge is 0.454 e. The number of anilines is 3. The van der Waals surface area contributed by atoms with Gasteiger partial charge in [-0.1, -0.05) is 170 Å². The second kappa shape index (κ2) is 11.8. The van der Waals surface area contributed by atoms with Gasteiger partial charge in [0.2, 0.25) is 0 Å². The van der Waals surface area contributed by atoms with E-state index in [4.69, 9.17) is 4.42 Å². The number of rotatable bonds is 6. The highest BCUT2D eigenvalue weighted by atomic mass is 16.3. The molecule has 2 nitrogen and oxygen atoms in total. The lowest BCUT2D eigenvalue weighted by Crippen LogP contribution is -2.28. The molecule has 0 unspecified atom stereocenters. The van der Waals surface area contributed by atoms with Crippen LogP contribution in [0.5, 0.6) is 0 Å². The lowest BCUT2D eigenvalue weighted by Gasteiger charge is -2.34. The summed E-state index contributed by atoms with van der Waals surface area (Å²) < 4.78 is 7.07. The molecule has 2 heteroatoms. The van der Waals surface area contributed by atoms with Crippen molar-refractivity contribution in [1.29, 1.82) is 0 Å². The predicted octanol–water partition coefficient (Wildman–Crippen LogP) is 13.1. The van der Waals surface area contributed by atoms with Crippen molar-refractivity contribution in [2.45, 2.75) is 5.41 Å². The van der Waals surface area contributed by atoms with Crippen LogP contribution in [0.2, 0.25) is 0 Å². The number of fused-ring (bicyclic) bond motifs is 6. The molecule has 0 atom stereocenters. The lowest BCUT2D eigenvalue weighted by molar-refractivity contribution is 0.668. The maximum absolute atomic E-state index is 7.07. The van der Waals surface area contributed by atoms with E-state index in [2.05, 4.69) is 205 Å². The molecule has 0 amide bonds. The summed E-state index contributed by atoms with van der Waals surface area (Å²) in [4.78, 5) is 2.35. The highest BCUT2D eigenvalue weighted by Gasteiger charge is 2.47. The fourth-order valence-corrected chi connectivity index (χ4v) is 8.52. The minimum Gasteiger partial charge on any atom is -0.454 e. The van der Waals surface area contributed by atoms with Crippen molar-refractivity contribution in [1.82, 2.24) is 0 Å². The number of benzene rings is 8. The number of nitrogens with zero attached hydrogens (tertiary/aromatic N) is 1. The van der Waals surface area contributed by atoms with Crippen molar-refractivity contribution in [3.05, 3.63) is 222 Å². The Labute approximate surface area is 297 Å². The summed E-state index contributed by atoms with van der Waals surface area (Å²) in [5, 5.41) is 2.22. The Morgan fingerprint density at radius 3 is 1.63 bits per heavy atom. The molecule has 51 heavy (non-hydrogen) atoms. The number of para-hydroxylation sites is 3. The molecule has 0 N–H and O–H groups in total. The van der Waals surface area contributed by atoms with Crippen LogP contribution in [0.4, 0.5) is 17.1 Å². The van der Waals surface area contributed by atoms with Crippen LogP contribution in [0.25, 0.3) is 44.2 Å². The van der Waals surface area contributed by atoms with Crippen LogP contribution in [0.3, 0.4) is 0 Å². The Balaban J connectivity index is 1.29. The molecule has 10 rings (SSSR count). The van der Waals surface area contributed by atoms with Gasteiger partial charge in [0.1, 0.15) is 5.58 Å². The first-order chi connectivity index (χ1) is 25.3. The van der Waals surface area contributed by atoms with Crippen LogP contribution in [0, 0.1) is 0 Å². The average Bonchev–Trinajstić information content (AvgIpc) is 3.74. The van der Waals surface area contributed by atoms with Gasteiger partial charge in [-0.25, -0.2) is 0 Å². The molecule has 0 spiro atoms. The van der Waals surface area contributed by atoms with Gasteiger partial charge in [-0.2, -0.15) is 0 Å². The van der Waals surface area contributed by atoms with E-state index in [1.54, 1.807) is 0 Å². The van der Waals surface area contributed by atoms with E-state index in [0.29, 0.717) is 0 Å². The third kappa shape index (κ3) is 4.36. The second-order valence-corrected chi connectivity index (χ2v) is 13.2. The molecule has 1 aliphatic carbocycles. The van der Waals surface area contributed by atoms with Crippen LogP contribution in [0.1, 0.15) is 22.3 Å². The van der Waals surface area contributed by atoms with Crippen LogP contribution < -0.4 is 4.90 Å². The molecule has 1 aromatic heterocycles. The second-order valence-electron chi connectivity index (χ2n) is 13.2. The summed E-state index contributed by atoms with van der Waals surface area (Å²) >= 11 is 0. The Bertz CT molecular complexity index is 2650. The van der Waals surface area contributed by atoms with Crippen molar-refractivity contribution in [3.8, 4) is 22.3 Å². The minimum absolute atomic E-state index is 0.542. The molecule has 1 aliphatic rings. The maximum atomic E-state index is 7.07. The fraction of sp³-hybridized carbons (Fsp3) is 0.0204. The van der Waals surface area contributed by atoms with Crippen molar-refractivity contribution < 1.29 is 4.42 Å². The van der Waals surface area contributed by atoms with Crippen LogP contribution in [0.15, 0.2) is 205 Å². The van der Waals surface area contributed by atoms with E-state index >= 15 is 0 Å². The first-order valence-corrected chi connectivity index (χ1v) is 17.5. The quantitative estimate of drug-likeness (QED) is 0.178. The molecule has 0 bridgehead atoms. The van der Waals surface area contributed by atoms with Gasteiger partial charge in [-0.3, -0.25) is 0 Å². The summed E-state index contributed by atoms with van der Waals surface area (Å²) in [6.45, 7) is 0. The van der Waals surface area contributed by atoms with Crippen molar-refractivity contribution in [2.24, 2.45) is 0 Å². The van der Waals surface area contributed by atoms with Crippen molar-refractivity contribution in [2.75, 3.05) is 4.90 Å². The molecule has 0 aliphatic heterocycles. The van der Waals surface area contributed by atoms with Crippen LogP contribution in [-0.4, -0.2) is 0 Å². The van der Waals surface area contributed by atoms with E-state index in [1.165, 1.54) is 33.4 Å². The molecule has 0 radical (unpaired) electrons. The van der Waals surface area contributed by atoms with E-state index in [1.807, 2.05) is 0 Å². The van der Waals surface area contributed by atoms with Gasteiger partial charge in [0, 0.05) is 22.0 Å². The fourth-order valence-electron chi connectivity index (χ4n) is 8.52. The molecule has 0 saturated carbocycles. The molecule has 9 aromatic rings. The highest BCUT2D eigenvalue weighted by Crippen LogP contribution is 2.58. The number of hydrogen-bond donors (Lipinski definition) is 0. The Morgan fingerprint density at radius 2 is 0.922 bits per heavy atom. The minimum atomic E-state index is -0.542. The number of furan rings is 1. The maximum Gasteiger partial charge on any atom is 0.159 e. The standard InChI is InChI=1S/C49H33NO/c1-4-18-34(19-5-1)37-24-12-15-31-44(37)50(36-22-8-3-9-23-36)45-32-16-27-40-47-43(30-17-33-46(47)51-48(40)45)49(35-20-6-2-7-21-35)41-28-13-10-25-38(41)39-26-11-14-29-42(39)49/h1-33H. The highest BCUT2D eigenvalue weighted by molar-refractivity contribution is 6.13. The monoisotopic (exact) mass is 651 g/mol. The SMILES string of the molecule is c1ccc(-c2ccccc2N(c2ccccc2)c2cccc3c2oc2cccc(C4(c5ccccc5)c5ccccc5-c5ccccc54)c23)cc1. The van der Waals surface area contributed by atoms with E-state index in [0.717, 1.165) is 50.1 Å². The van der Waals surface area contributed by atoms with Crippen molar-refractivity contribution in [3.63, 3.8) is 0 Å². The van der Waals surface area contributed by atoms with E-state index in [9.17, 15) is 0 Å². The van der Waals surface area contributed by atoms with Crippen LogP contribution in [-0.2, 0) is 5.41 Å². The molecule has 8 aromatic carbocycles. The van der Waals surface area contributed by atoms with Gasteiger partial charge >= 0.3 is 0 Å². The molecule has 240 valence electrons. The molecular weight excluding hydrogens is 619 g/mol. The zero-order chi connectivity index (χ0) is 33.8. The summed E-state index contributed by atoms with van der Waals surface area (Å²) in [5.41, 5.74) is 14.2. The Hall–Kier alpha value is -6.64. The summed E-state index contributed by atoms with van der Waals surface area (Å²) in [7, 11) is 0. The smallest absolute Gasteiger partial charge is 0.159 e. The van der Waals surface area contributed by atoms with Gasteiger partial charge in [-0.05, 0) is 69.3 Å². The molecule has 1 heterocycles. The lowest BCUT2D eigenvalue weighted by atomic mass is 9.66. The normalized spacial score (nSPS) is 12.9. The van der Waals surface area contributed by atoms with Gasteiger partial charge < -0.3 is 9.32 Å². The molecular formula is C49H33NO. The third-order valence-electron chi connectivity index (χ3n) is 10.6. The summed E-state index contributed by atoms with van der Waals surface area (Å²) in [6.07, 6.45) is 0. The Kier molecular flexibility index (Phi) is 6.75. The zero-order valence-electron chi connectivity index (χ0n) is 27.9. The van der Waals surface area contributed by atoms with E-state index in [-0.39, 0.29) is 0 Å². The Morgan fingerprint density at radius 1 is 0.392 bits per heavy atom. The van der Waals surface area contributed by atoms with Gasteiger partial charge in [0.05, 0.1) is 16.8 Å². The first kappa shape index (κ1) is 29.3. The first-order valence-electron chi connectivity index (χ1n) is 17.5. The van der Waals surface area contributed by atoms with Crippen molar-refractivity contribution >= 4 is 39.0 Å². The average molecular weight is 652 g/mol. The summed E-state index contributed by atoms with van der Waals surface area (Å²) in [5.74, 6) is 0. The summed E-state index contributed by atoms with van der Waals surface area (Å²) in [6, 6.07) is 71.9. The van der Waals surface area contributed by atoms with Crippen LogP contribution >= 0.6 is 0 Å². The third-order valence-corrected chi connectivity index (χ3v) is 10.6. The molecule has 0 saturated heterocycles. The topological polar surface area (TPSA) is 16.4 Å². The number of hydrogen-bond acceptors (Lipinski definition) is 2. The van der Waals surface area contributed by atoms with Gasteiger partial charge in [0.15, 0.2) is 5.58 Å². The molecule has 0 fully saturated rings. The predicted molar refractivity (Wildman–Crippen MR) is 211 cm³/mol. The van der Waals surface area contributed by atoms with E-state index < -0.39 is 5.41 Å². The van der Waals surface area contributed by atoms with Gasteiger partial charge in [-0.15, -0.1) is 0 Å². The zero-order valence-corrected chi connectivity index (χ0v) is 27.9.